The molecule has 0 aliphatic carbocycles. The van der Waals surface area contributed by atoms with Crippen molar-refractivity contribution in [1.29, 1.82) is 0 Å². The molecule has 3 rings (SSSR count). The molecule has 0 bridgehead atoms. The molecule has 1 atom stereocenters. The number of rotatable bonds is 2. The van der Waals surface area contributed by atoms with E-state index >= 15 is 0 Å². The molecule has 0 amide bonds. The van der Waals surface area contributed by atoms with E-state index in [4.69, 9.17) is 4.74 Å². The van der Waals surface area contributed by atoms with Gasteiger partial charge < -0.3 is 9.30 Å². The molecule has 0 N–H and O–H groups in total. The molecule has 0 saturated carbocycles. The van der Waals surface area contributed by atoms with Crippen LogP contribution in [0.4, 0.5) is 0 Å². The van der Waals surface area contributed by atoms with Gasteiger partial charge >= 0.3 is 5.97 Å². The fraction of sp³-hybridized carbons (Fsp3) is 0.714. The molecule has 4 nitrogen and oxygen atoms in total. The Balaban J connectivity index is 1.77. The zero-order valence-corrected chi connectivity index (χ0v) is 12.1. The lowest BCUT2D eigenvalue weighted by Crippen LogP contribution is -2.28. The number of nitrogens with zero attached hydrogens (tertiary/aromatic N) is 2. The summed E-state index contributed by atoms with van der Waals surface area (Å²) < 4.78 is 7.20. The van der Waals surface area contributed by atoms with Crippen molar-refractivity contribution in [3.05, 3.63) is 17.7 Å². The largest absolute Gasteiger partial charge is 0.469 e. The van der Waals surface area contributed by atoms with Crippen molar-refractivity contribution in [3.8, 4) is 0 Å². The molecule has 5 heteroatoms. The first-order chi connectivity index (χ1) is 9.29. The fourth-order valence-corrected chi connectivity index (χ4v) is 4.24. The van der Waals surface area contributed by atoms with Crippen LogP contribution in [0.1, 0.15) is 36.7 Å². The molecule has 3 heterocycles. The van der Waals surface area contributed by atoms with Gasteiger partial charge in [-0.05, 0) is 30.8 Å². The van der Waals surface area contributed by atoms with Crippen LogP contribution in [0.5, 0.6) is 0 Å². The Bertz CT molecular complexity index is 466. The van der Waals surface area contributed by atoms with Gasteiger partial charge in [-0.1, -0.05) is 0 Å². The predicted molar refractivity (Wildman–Crippen MR) is 75.4 cm³/mol. The molecule has 1 unspecified atom stereocenters. The van der Waals surface area contributed by atoms with E-state index in [-0.39, 0.29) is 11.9 Å². The quantitative estimate of drug-likeness (QED) is 0.779. The summed E-state index contributed by atoms with van der Waals surface area (Å²) in [6.07, 6.45) is 6.10. The highest BCUT2D eigenvalue weighted by molar-refractivity contribution is 7.99. The second kappa shape index (κ2) is 5.57. The third-order valence-corrected chi connectivity index (χ3v) is 5.30. The molecule has 104 valence electrons. The Morgan fingerprint density at radius 1 is 1.42 bits per heavy atom. The van der Waals surface area contributed by atoms with E-state index in [0.717, 1.165) is 19.4 Å². The van der Waals surface area contributed by atoms with Crippen molar-refractivity contribution in [3.63, 3.8) is 0 Å². The van der Waals surface area contributed by atoms with E-state index in [1.165, 1.54) is 43.0 Å². The van der Waals surface area contributed by atoms with Crippen molar-refractivity contribution in [1.82, 2.24) is 9.55 Å². The topological polar surface area (TPSA) is 44.1 Å². The van der Waals surface area contributed by atoms with E-state index in [1.807, 2.05) is 18.0 Å². The van der Waals surface area contributed by atoms with E-state index in [0.29, 0.717) is 5.92 Å². The third kappa shape index (κ3) is 2.53. The van der Waals surface area contributed by atoms with Gasteiger partial charge in [0.1, 0.15) is 5.82 Å². The van der Waals surface area contributed by atoms with Crippen molar-refractivity contribution >= 4 is 17.7 Å². The molecule has 1 fully saturated rings. The first kappa shape index (κ1) is 13.0. The van der Waals surface area contributed by atoms with Crippen LogP contribution in [-0.4, -0.2) is 34.1 Å². The number of esters is 1. The van der Waals surface area contributed by atoms with Crippen molar-refractivity contribution in [2.75, 3.05) is 18.6 Å². The Hall–Kier alpha value is -0.970. The zero-order valence-electron chi connectivity index (χ0n) is 11.3. The summed E-state index contributed by atoms with van der Waals surface area (Å²) in [5, 5.41) is 0. The summed E-state index contributed by atoms with van der Waals surface area (Å²) in [5.41, 5.74) is 1.20. The number of imidazole rings is 1. The highest BCUT2D eigenvalue weighted by Gasteiger charge is 2.29. The third-order valence-electron chi connectivity index (χ3n) is 4.25. The van der Waals surface area contributed by atoms with Crippen LogP contribution in [0.3, 0.4) is 0 Å². The lowest BCUT2D eigenvalue weighted by molar-refractivity contribution is -0.146. The summed E-state index contributed by atoms with van der Waals surface area (Å²) in [7, 11) is 1.47. The molecule has 0 spiro atoms. The minimum atomic E-state index is -0.0805. The number of methoxy groups -OCH3 is 1. The Labute approximate surface area is 117 Å². The van der Waals surface area contributed by atoms with Gasteiger partial charge in [0.15, 0.2) is 0 Å². The van der Waals surface area contributed by atoms with Gasteiger partial charge in [0.2, 0.25) is 0 Å². The summed E-state index contributed by atoms with van der Waals surface area (Å²) in [6, 6.07) is 0. The summed E-state index contributed by atoms with van der Waals surface area (Å²) in [6.45, 7) is 0.911. The lowest BCUT2D eigenvalue weighted by Gasteiger charge is -2.26. The van der Waals surface area contributed by atoms with Gasteiger partial charge in [-0.3, -0.25) is 4.79 Å². The number of ether oxygens (including phenoxy) is 1. The van der Waals surface area contributed by atoms with Crippen LogP contribution in [0.15, 0.2) is 6.20 Å². The second-order valence-electron chi connectivity index (χ2n) is 5.36. The summed E-state index contributed by atoms with van der Waals surface area (Å²) in [5.74, 6) is 4.30. The highest BCUT2D eigenvalue weighted by Crippen LogP contribution is 2.33. The Kier molecular flexibility index (Phi) is 3.82. The fourth-order valence-electron chi connectivity index (χ4n) is 3.14. The highest BCUT2D eigenvalue weighted by atomic mass is 32.2. The molecule has 1 aromatic heterocycles. The first-order valence-electron chi connectivity index (χ1n) is 6.99. The van der Waals surface area contributed by atoms with Crippen LogP contribution in [0, 0.1) is 5.92 Å². The van der Waals surface area contributed by atoms with Crippen molar-refractivity contribution in [2.24, 2.45) is 5.92 Å². The summed E-state index contributed by atoms with van der Waals surface area (Å²) >= 11 is 2.04. The predicted octanol–water partition coefficient (Wildman–Crippen LogP) is 2.23. The maximum absolute atomic E-state index is 11.6. The summed E-state index contributed by atoms with van der Waals surface area (Å²) in [4.78, 5) is 16.3. The van der Waals surface area contributed by atoms with Gasteiger partial charge in [-0.15, -0.1) is 0 Å². The SMILES string of the molecule is COC(=O)C1CCn2c(cnc2C2CCSCC2)C1. The van der Waals surface area contributed by atoms with Crippen LogP contribution in [-0.2, 0) is 22.5 Å². The standard InChI is InChI=1S/C14H20N2O2S/c1-18-14(17)11-2-5-16-12(8-11)9-15-13(16)10-3-6-19-7-4-10/h9-11H,2-8H2,1H3. The minimum absolute atomic E-state index is 0.0176. The maximum Gasteiger partial charge on any atom is 0.309 e. The molecule has 1 saturated heterocycles. The van der Waals surface area contributed by atoms with Crippen LogP contribution in [0.2, 0.25) is 0 Å². The van der Waals surface area contributed by atoms with Gasteiger partial charge in [0, 0.05) is 30.8 Å². The van der Waals surface area contributed by atoms with E-state index in [1.54, 1.807) is 0 Å². The molecule has 2 aliphatic heterocycles. The molecule has 0 aromatic carbocycles. The maximum atomic E-state index is 11.6. The average Bonchev–Trinajstić information content (AvgIpc) is 2.90. The smallest absolute Gasteiger partial charge is 0.309 e. The lowest BCUT2D eigenvalue weighted by atomic mass is 9.95. The zero-order chi connectivity index (χ0) is 13.2. The molecular weight excluding hydrogens is 260 g/mol. The Morgan fingerprint density at radius 3 is 2.95 bits per heavy atom. The van der Waals surface area contributed by atoms with Gasteiger partial charge in [-0.25, -0.2) is 4.98 Å². The number of hydrogen-bond donors (Lipinski definition) is 0. The van der Waals surface area contributed by atoms with Crippen LogP contribution >= 0.6 is 11.8 Å². The molecular formula is C14H20N2O2S. The first-order valence-corrected chi connectivity index (χ1v) is 8.15. The number of thioether (sulfide) groups is 1. The molecule has 1 aromatic rings. The normalized spacial score (nSPS) is 23.9. The minimum Gasteiger partial charge on any atom is -0.469 e. The molecule has 0 radical (unpaired) electrons. The van der Waals surface area contributed by atoms with Crippen LogP contribution < -0.4 is 0 Å². The van der Waals surface area contributed by atoms with Gasteiger partial charge in [0.25, 0.3) is 0 Å². The van der Waals surface area contributed by atoms with Crippen molar-refractivity contribution in [2.45, 2.75) is 38.1 Å². The van der Waals surface area contributed by atoms with Crippen molar-refractivity contribution < 1.29 is 9.53 Å². The van der Waals surface area contributed by atoms with E-state index in [9.17, 15) is 4.79 Å². The number of carbonyl (C=O) groups is 1. The monoisotopic (exact) mass is 280 g/mol. The average molecular weight is 280 g/mol. The second-order valence-corrected chi connectivity index (χ2v) is 6.58. The molecule has 2 aliphatic rings. The van der Waals surface area contributed by atoms with Gasteiger partial charge in [0.05, 0.1) is 13.0 Å². The van der Waals surface area contributed by atoms with Crippen LogP contribution in [0.25, 0.3) is 0 Å². The Morgan fingerprint density at radius 2 is 2.21 bits per heavy atom. The van der Waals surface area contributed by atoms with E-state index in [2.05, 4.69) is 9.55 Å². The van der Waals surface area contributed by atoms with E-state index < -0.39 is 0 Å². The number of aromatic nitrogens is 2. The number of carbonyl (C=O) groups excluding carboxylic acids is 1. The number of hydrogen-bond acceptors (Lipinski definition) is 4. The number of fused-ring (bicyclic) bond motifs is 1. The van der Waals surface area contributed by atoms with Gasteiger partial charge in [-0.2, -0.15) is 11.8 Å². The molecule has 19 heavy (non-hydrogen) atoms.